The van der Waals surface area contributed by atoms with E-state index in [0.29, 0.717) is 5.41 Å². The molecular weight excluding hydrogens is 216 g/mol. The van der Waals surface area contributed by atoms with E-state index in [1.54, 1.807) is 0 Å². The van der Waals surface area contributed by atoms with Gasteiger partial charge in [0.1, 0.15) is 0 Å². The molecule has 0 aromatic carbocycles. The highest BCUT2D eigenvalue weighted by molar-refractivity contribution is 9.09. The van der Waals surface area contributed by atoms with Crippen LogP contribution >= 0.6 is 15.9 Å². The monoisotopic (exact) mass is 232 g/mol. The van der Waals surface area contributed by atoms with Crippen LogP contribution < -0.4 is 0 Å². The van der Waals surface area contributed by atoms with E-state index in [-0.39, 0.29) is 11.5 Å². The summed E-state index contributed by atoms with van der Waals surface area (Å²) < 4.78 is 0. The van der Waals surface area contributed by atoms with Crippen LogP contribution in [0.3, 0.4) is 0 Å². The Morgan fingerprint density at radius 1 is 1.50 bits per heavy atom. The molecular formula is C10H17BrO. The molecule has 0 aromatic rings. The molecule has 2 heteroatoms. The zero-order valence-corrected chi connectivity index (χ0v) is 9.39. The minimum Gasteiger partial charge on any atom is -0.392 e. The van der Waals surface area contributed by atoms with Crippen molar-refractivity contribution >= 4 is 15.9 Å². The van der Waals surface area contributed by atoms with Gasteiger partial charge in [0, 0.05) is 10.7 Å². The highest BCUT2D eigenvalue weighted by atomic mass is 79.9. The van der Waals surface area contributed by atoms with Crippen LogP contribution in [-0.2, 0) is 0 Å². The second-order valence-corrected chi connectivity index (χ2v) is 5.56. The maximum Gasteiger partial charge on any atom is 0.0612 e. The average Bonchev–Trinajstić information content (AvgIpc) is 2.36. The quantitative estimate of drug-likeness (QED) is 0.690. The smallest absolute Gasteiger partial charge is 0.0612 e. The number of aliphatic hydroxyl groups excluding tert-OH is 1. The molecule has 2 fully saturated rings. The Balaban J connectivity index is 2.39. The van der Waals surface area contributed by atoms with Crippen molar-refractivity contribution in [3.05, 3.63) is 0 Å². The van der Waals surface area contributed by atoms with Crippen molar-refractivity contribution in [3.63, 3.8) is 0 Å². The molecule has 0 saturated heterocycles. The summed E-state index contributed by atoms with van der Waals surface area (Å²) in [5.74, 6) is 0.755. The first kappa shape index (κ1) is 9.01. The molecule has 1 N–H and O–H groups in total. The summed E-state index contributed by atoms with van der Waals surface area (Å²) in [6.07, 6.45) is 3.48. The lowest BCUT2D eigenvalue weighted by Crippen LogP contribution is -2.40. The van der Waals surface area contributed by atoms with Crippen molar-refractivity contribution in [3.8, 4) is 0 Å². The lowest BCUT2D eigenvalue weighted by atomic mass is 9.70. The number of rotatable bonds is 1. The van der Waals surface area contributed by atoms with Gasteiger partial charge in [-0.2, -0.15) is 0 Å². The van der Waals surface area contributed by atoms with Crippen LogP contribution in [0.4, 0.5) is 0 Å². The Labute approximate surface area is 82.7 Å². The first-order valence-electron chi connectivity index (χ1n) is 4.78. The second-order valence-electron chi connectivity index (χ2n) is 5.00. The van der Waals surface area contributed by atoms with Crippen molar-refractivity contribution in [2.75, 3.05) is 5.33 Å². The first-order valence-corrected chi connectivity index (χ1v) is 5.91. The third-order valence-corrected chi connectivity index (χ3v) is 5.63. The third-order valence-electron chi connectivity index (χ3n) is 4.63. The van der Waals surface area contributed by atoms with Crippen molar-refractivity contribution in [1.29, 1.82) is 0 Å². The Morgan fingerprint density at radius 2 is 2.17 bits per heavy atom. The van der Waals surface area contributed by atoms with Gasteiger partial charge in [0.2, 0.25) is 0 Å². The van der Waals surface area contributed by atoms with Crippen LogP contribution in [-0.4, -0.2) is 16.5 Å². The van der Waals surface area contributed by atoms with Crippen molar-refractivity contribution in [2.45, 2.75) is 39.2 Å². The minimum atomic E-state index is -0.0642. The predicted octanol–water partition coefficient (Wildman–Crippen LogP) is 2.57. The van der Waals surface area contributed by atoms with Crippen LogP contribution in [0.15, 0.2) is 0 Å². The number of aliphatic hydroxyl groups is 1. The van der Waals surface area contributed by atoms with Gasteiger partial charge in [0.05, 0.1) is 6.10 Å². The Morgan fingerprint density at radius 3 is 2.42 bits per heavy atom. The Kier molecular flexibility index (Phi) is 1.86. The summed E-state index contributed by atoms with van der Waals surface area (Å²) in [6.45, 7) is 4.64. The molecule has 0 aromatic heterocycles. The molecule has 1 nitrogen and oxygen atoms in total. The minimum absolute atomic E-state index is 0.0642. The van der Waals surface area contributed by atoms with Gasteiger partial charge in [-0.1, -0.05) is 29.8 Å². The summed E-state index contributed by atoms with van der Waals surface area (Å²) in [4.78, 5) is 0. The summed E-state index contributed by atoms with van der Waals surface area (Å²) >= 11 is 3.58. The normalized spacial score (nSPS) is 50.0. The van der Waals surface area contributed by atoms with Crippen molar-refractivity contribution in [2.24, 2.45) is 16.7 Å². The van der Waals surface area contributed by atoms with Crippen LogP contribution in [0.25, 0.3) is 0 Å². The van der Waals surface area contributed by atoms with Crippen LogP contribution in [0.2, 0.25) is 0 Å². The van der Waals surface area contributed by atoms with Crippen molar-refractivity contribution < 1.29 is 5.11 Å². The summed E-state index contributed by atoms with van der Waals surface area (Å²) in [5.41, 5.74) is 0.521. The zero-order chi connectivity index (χ0) is 8.98. The fourth-order valence-electron chi connectivity index (χ4n) is 3.35. The van der Waals surface area contributed by atoms with E-state index in [0.717, 1.165) is 17.7 Å². The topological polar surface area (TPSA) is 20.2 Å². The fraction of sp³-hybridized carbons (Fsp3) is 1.00. The Bertz CT molecular complexity index is 202. The third kappa shape index (κ3) is 0.784. The number of alkyl halides is 1. The molecule has 2 bridgehead atoms. The van der Waals surface area contributed by atoms with Gasteiger partial charge < -0.3 is 5.11 Å². The highest BCUT2D eigenvalue weighted by Crippen LogP contribution is 2.66. The van der Waals surface area contributed by atoms with E-state index in [1.165, 1.54) is 12.8 Å². The van der Waals surface area contributed by atoms with E-state index in [2.05, 4.69) is 29.8 Å². The molecule has 0 aliphatic heterocycles. The molecule has 0 amide bonds. The summed E-state index contributed by atoms with van der Waals surface area (Å²) in [6, 6.07) is 0. The van der Waals surface area contributed by atoms with E-state index in [1.807, 2.05) is 0 Å². The molecule has 3 atom stereocenters. The fourth-order valence-corrected chi connectivity index (χ4v) is 4.73. The standard InChI is InChI=1S/C10H17BrO/c1-9(2)7-3-4-10(9,6-11)8(12)5-7/h7-8,12H,3-6H2,1-2H3/t7-,8-,10+/m1/s1. The van der Waals surface area contributed by atoms with Gasteiger partial charge in [-0.15, -0.1) is 0 Å². The molecule has 0 spiro atoms. The highest BCUT2D eigenvalue weighted by Gasteiger charge is 2.62. The van der Waals surface area contributed by atoms with Gasteiger partial charge in [-0.3, -0.25) is 0 Å². The van der Waals surface area contributed by atoms with Crippen LogP contribution in [0.5, 0.6) is 0 Å². The SMILES string of the molecule is CC1(C)[C@@H]2CC[C@]1(CBr)[C@H](O)C2. The Hall–Kier alpha value is 0.440. The molecule has 2 aliphatic carbocycles. The van der Waals surface area contributed by atoms with E-state index in [9.17, 15) is 5.11 Å². The molecule has 0 heterocycles. The zero-order valence-electron chi connectivity index (χ0n) is 7.81. The van der Waals surface area contributed by atoms with Gasteiger partial charge >= 0.3 is 0 Å². The number of hydrogen-bond acceptors (Lipinski definition) is 1. The first-order chi connectivity index (χ1) is 5.54. The van der Waals surface area contributed by atoms with E-state index < -0.39 is 0 Å². The summed E-state index contributed by atoms with van der Waals surface area (Å²) in [5, 5.41) is 10.9. The van der Waals surface area contributed by atoms with Gasteiger partial charge in [-0.25, -0.2) is 0 Å². The van der Waals surface area contributed by atoms with Gasteiger partial charge in [-0.05, 0) is 30.6 Å². The summed E-state index contributed by atoms with van der Waals surface area (Å²) in [7, 11) is 0. The predicted molar refractivity (Wildman–Crippen MR) is 53.4 cm³/mol. The van der Waals surface area contributed by atoms with Crippen LogP contribution in [0, 0.1) is 16.7 Å². The largest absolute Gasteiger partial charge is 0.392 e. The number of halogens is 1. The lowest BCUT2D eigenvalue weighted by Gasteiger charge is -2.38. The van der Waals surface area contributed by atoms with Gasteiger partial charge in [0.25, 0.3) is 0 Å². The molecule has 0 radical (unpaired) electrons. The second kappa shape index (κ2) is 2.48. The molecule has 70 valence electrons. The maximum absolute atomic E-state index is 9.98. The van der Waals surface area contributed by atoms with Crippen molar-refractivity contribution in [1.82, 2.24) is 0 Å². The lowest BCUT2D eigenvalue weighted by molar-refractivity contribution is 0.0178. The molecule has 2 saturated carbocycles. The maximum atomic E-state index is 9.98. The number of hydrogen-bond donors (Lipinski definition) is 1. The van der Waals surface area contributed by atoms with E-state index >= 15 is 0 Å². The molecule has 12 heavy (non-hydrogen) atoms. The van der Waals surface area contributed by atoms with E-state index in [4.69, 9.17) is 0 Å². The average molecular weight is 233 g/mol. The molecule has 0 unspecified atom stereocenters. The molecule has 2 aliphatic rings. The number of fused-ring (bicyclic) bond motifs is 2. The molecule has 2 rings (SSSR count). The van der Waals surface area contributed by atoms with Crippen LogP contribution in [0.1, 0.15) is 33.1 Å². The van der Waals surface area contributed by atoms with Gasteiger partial charge in [0.15, 0.2) is 0 Å².